The Kier molecular flexibility index (Phi) is 2.87. The predicted molar refractivity (Wildman–Crippen MR) is 74.3 cm³/mol. The van der Waals surface area contributed by atoms with E-state index in [0.29, 0.717) is 11.8 Å². The van der Waals surface area contributed by atoms with Crippen LogP contribution < -0.4 is 5.73 Å². The first-order valence-corrected chi connectivity index (χ1v) is 8.22. The molecule has 0 aromatic carbocycles. The van der Waals surface area contributed by atoms with Crippen LogP contribution in [0.4, 0.5) is 0 Å². The number of nitrogens with zero attached hydrogens (tertiary/aromatic N) is 1. The molecule has 4 aliphatic carbocycles. The number of rotatable bonds is 2. The van der Waals surface area contributed by atoms with Crippen LogP contribution in [0.2, 0.25) is 0 Å². The normalized spacial score (nSPS) is 47.9. The molecule has 19 heavy (non-hydrogen) atoms. The van der Waals surface area contributed by atoms with Crippen molar-refractivity contribution >= 4 is 5.91 Å². The van der Waals surface area contributed by atoms with Crippen molar-refractivity contribution in [3.05, 3.63) is 0 Å². The molecule has 5 fully saturated rings. The van der Waals surface area contributed by atoms with E-state index in [9.17, 15) is 4.79 Å². The molecule has 1 saturated heterocycles. The van der Waals surface area contributed by atoms with Gasteiger partial charge in [0.2, 0.25) is 5.91 Å². The van der Waals surface area contributed by atoms with E-state index in [2.05, 4.69) is 0 Å². The first kappa shape index (κ1) is 12.2. The van der Waals surface area contributed by atoms with E-state index < -0.39 is 0 Å². The van der Waals surface area contributed by atoms with Crippen LogP contribution in [0, 0.1) is 29.6 Å². The maximum Gasteiger partial charge on any atom is 0.222 e. The minimum atomic E-state index is 0.224. The molecular formula is C16H26N2O. The average Bonchev–Trinajstić information content (AvgIpc) is 2.79. The molecule has 0 spiro atoms. The lowest BCUT2D eigenvalue weighted by atomic mass is 9.51. The summed E-state index contributed by atoms with van der Waals surface area (Å²) in [4.78, 5) is 14.5. The zero-order valence-corrected chi connectivity index (χ0v) is 11.8. The molecule has 4 saturated carbocycles. The summed E-state index contributed by atoms with van der Waals surface area (Å²) in [6, 6.07) is 0.224. The third-order valence-corrected chi connectivity index (χ3v) is 6.41. The van der Waals surface area contributed by atoms with Crippen molar-refractivity contribution in [3.8, 4) is 0 Å². The van der Waals surface area contributed by atoms with Crippen molar-refractivity contribution in [3.63, 3.8) is 0 Å². The Morgan fingerprint density at radius 2 is 1.68 bits per heavy atom. The van der Waals surface area contributed by atoms with Crippen molar-refractivity contribution in [2.75, 3.05) is 13.1 Å². The van der Waals surface area contributed by atoms with Crippen LogP contribution in [0.1, 0.15) is 44.9 Å². The molecule has 1 amide bonds. The molecule has 4 bridgehead atoms. The van der Waals surface area contributed by atoms with Gasteiger partial charge in [-0.3, -0.25) is 4.79 Å². The number of nitrogens with two attached hydrogens (primary N) is 1. The summed E-state index contributed by atoms with van der Waals surface area (Å²) < 4.78 is 0. The van der Waals surface area contributed by atoms with Crippen molar-refractivity contribution < 1.29 is 4.79 Å². The largest absolute Gasteiger partial charge is 0.341 e. The van der Waals surface area contributed by atoms with Gasteiger partial charge in [0.05, 0.1) is 0 Å². The number of hydrogen-bond acceptors (Lipinski definition) is 2. The third-order valence-electron chi connectivity index (χ3n) is 6.41. The Morgan fingerprint density at radius 1 is 1.05 bits per heavy atom. The number of carbonyl (C=O) groups is 1. The van der Waals surface area contributed by atoms with E-state index in [4.69, 9.17) is 5.73 Å². The van der Waals surface area contributed by atoms with E-state index in [1.54, 1.807) is 0 Å². The second-order valence-electron chi connectivity index (χ2n) is 7.69. The van der Waals surface area contributed by atoms with E-state index in [-0.39, 0.29) is 6.04 Å². The Hall–Kier alpha value is -0.570. The molecule has 1 unspecified atom stereocenters. The maximum absolute atomic E-state index is 12.5. The molecule has 2 N–H and O–H groups in total. The molecular weight excluding hydrogens is 236 g/mol. The fraction of sp³-hybridized carbons (Fsp3) is 0.938. The first-order valence-electron chi connectivity index (χ1n) is 8.22. The SMILES string of the molecule is NC1CCN(C(=O)CC2C3CC4CC(C3)CC2C4)C1. The second kappa shape index (κ2) is 4.47. The highest BCUT2D eigenvalue weighted by molar-refractivity contribution is 5.77. The standard InChI is InChI=1S/C16H26N2O/c17-14-1-2-18(9-14)16(19)8-15-12-4-10-3-11(6-12)7-13(15)5-10/h10-15H,1-9,17H2. The molecule has 3 nitrogen and oxygen atoms in total. The summed E-state index contributed by atoms with van der Waals surface area (Å²) in [6.45, 7) is 1.69. The van der Waals surface area contributed by atoms with Gasteiger partial charge >= 0.3 is 0 Å². The summed E-state index contributed by atoms with van der Waals surface area (Å²) in [5, 5.41) is 0. The molecule has 3 heteroatoms. The lowest BCUT2D eigenvalue weighted by Gasteiger charge is -2.54. The second-order valence-corrected chi connectivity index (χ2v) is 7.69. The number of amides is 1. The van der Waals surface area contributed by atoms with Crippen LogP contribution in [0.25, 0.3) is 0 Å². The van der Waals surface area contributed by atoms with Crippen LogP contribution in [0.15, 0.2) is 0 Å². The highest BCUT2D eigenvalue weighted by Crippen LogP contribution is 2.57. The van der Waals surface area contributed by atoms with E-state index >= 15 is 0 Å². The molecule has 0 aromatic rings. The Bertz CT molecular complexity index is 353. The Balaban J connectivity index is 1.41. The Morgan fingerprint density at radius 3 is 2.21 bits per heavy atom. The summed E-state index contributed by atoms with van der Waals surface area (Å²) >= 11 is 0. The van der Waals surface area contributed by atoms with E-state index in [1.165, 1.54) is 32.1 Å². The van der Waals surface area contributed by atoms with Crippen LogP contribution in [-0.2, 0) is 4.79 Å². The van der Waals surface area contributed by atoms with Gasteiger partial charge in [0.15, 0.2) is 0 Å². The predicted octanol–water partition coefficient (Wildman–Crippen LogP) is 2.01. The van der Waals surface area contributed by atoms with Gasteiger partial charge in [-0.15, -0.1) is 0 Å². The van der Waals surface area contributed by atoms with Crippen LogP contribution in [0.3, 0.4) is 0 Å². The monoisotopic (exact) mass is 262 g/mol. The van der Waals surface area contributed by atoms with Gasteiger partial charge in [0.1, 0.15) is 0 Å². The lowest BCUT2D eigenvalue weighted by molar-refractivity contribution is -0.135. The molecule has 1 atom stereocenters. The minimum Gasteiger partial charge on any atom is -0.341 e. The lowest BCUT2D eigenvalue weighted by Crippen LogP contribution is -2.47. The fourth-order valence-corrected chi connectivity index (χ4v) is 5.72. The topological polar surface area (TPSA) is 46.3 Å². The molecule has 0 radical (unpaired) electrons. The number of likely N-dealkylation sites (tertiary alicyclic amines) is 1. The molecule has 5 aliphatic rings. The summed E-state index contributed by atoms with van der Waals surface area (Å²) in [6.07, 6.45) is 8.99. The van der Waals surface area contributed by atoms with Crippen LogP contribution >= 0.6 is 0 Å². The zero-order valence-electron chi connectivity index (χ0n) is 11.8. The molecule has 1 aliphatic heterocycles. The average molecular weight is 262 g/mol. The summed E-state index contributed by atoms with van der Waals surface area (Å²) in [7, 11) is 0. The van der Waals surface area contributed by atoms with Gasteiger partial charge in [-0.25, -0.2) is 0 Å². The zero-order chi connectivity index (χ0) is 13.0. The first-order chi connectivity index (χ1) is 9.19. The van der Waals surface area contributed by atoms with Crippen molar-refractivity contribution in [1.29, 1.82) is 0 Å². The van der Waals surface area contributed by atoms with Gasteiger partial charge in [-0.05, 0) is 68.1 Å². The quantitative estimate of drug-likeness (QED) is 0.827. The molecule has 1 heterocycles. The van der Waals surface area contributed by atoms with Crippen molar-refractivity contribution in [2.45, 2.75) is 51.0 Å². The smallest absolute Gasteiger partial charge is 0.222 e. The summed E-state index contributed by atoms with van der Waals surface area (Å²) in [5.41, 5.74) is 5.92. The Labute approximate surface area is 115 Å². The van der Waals surface area contributed by atoms with E-state index in [0.717, 1.165) is 49.6 Å². The summed E-state index contributed by atoms with van der Waals surface area (Å²) in [5.74, 6) is 4.86. The van der Waals surface area contributed by atoms with Crippen LogP contribution in [-0.4, -0.2) is 29.9 Å². The molecule has 0 aromatic heterocycles. The highest BCUT2D eigenvalue weighted by Gasteiger charge is 2.48. The minimum absolute atomic E-state index is 0.224. The highest BCUT2D eigenvalue weighted by atomic mass is 16.2. The van der Waals surface area contributed by atoms with Gasteiger partial charge in [0.25, 0.3) is 0 Å². The van der Waals surface area contributed by atoms with Crippen molar-refractivity contribution in [1.82, 2.24) is 4.90 Å². The van der Waals surface area contributed by atoms with Crippen molar-refractivity contribution in [2.24, 2.45) is 35.3 Å². The fourth-order valence-electron chi connectivity index (χ4n) is 5.72. The number of carbonyl (C=O) groups excluding carboxylic acids is 1. The van der Waals surface area contributed by atoms with Gasteiger partial charge < -0.3 is 10.6 Å². The third kappa shape index (κ3) is 2.10. The molecule has 5 rings (SSSR count). The maximum atomic E-state index is 12.5. The van der Waals surface area contributed by atoms with Gasteiger partial charge in [0, 0.05) is 25.6 Å². The van der Waals surface area contributed by atoms with E-state index in [1.807, 2.05) is 4.90 Å². The van der Waals surface area contributed by atoms with Crippen LogP contribution in [0.5, 0.6) is 0 Å². The van der Waals surface area contributed by atoms with Gasteiger partial charge in [-0.1, -0.05) is 0 Å². The van der Waals surface area contributed by atoms with Gasteiger partial charge in [-0.2, -0.15) is 0 Å². The number of hydrogen-bond donors (Lipinski definition) is 1. The molecule has 106 valence electrons.